The van der Waals surface area contributed by atoms with Gasteiger partial charge in [-0.25, -0.2) is 0 Å². The number of rotatable bonds is 0. The molecule has 0 aliphatic heterocycles. The lowest BCUT2D eigenvalue weighted by molar-refractivity contribution is 0.497. The molecule has 0 nitrogen and oxygen atoms in total. The van der Waals surface area contributed by atoms with Gasteiger partial charge in [-0.2, -0.15) is 0 Å². The van der Waals surface area contributed by atoms with Crippen LogP contribution >= 0.6 is 0 Å². The molecule has 13 heavy (non-hydrogen) atoms. The Morgan fingerprint density at radius 1 is 1.23 bits per heavy atom. The summed E-state index contributed by atoms with van der Waals surface area (Å²) < 4.78 is 0. The van der Waals surface area contributed by atoms with Crippen molar-refractivity contribution in [3.05, 3.63) is 34.9 Å². The smallest absolute Gasteiger partial charge is 0.0133 e. The zero-order valence-corrected chi connectivity index (χ0v) is 8.64. The molecule has 0 N–H and O–H groups in total. The second-order valence-electron chi connectivity index (χ2n) is 4.49. The van der Waals surface area contributed by atoms with Crippen molar-refractivity contribution in [2.75, 3.05) is 0 Å². The Morgan fingerprint density at radius 2 is 2.08 bits per heavy atom. The molecule has 2 rings (SSSR count). The quantitative estimate of drug-likeness (QED) is 0.520. The summed E-state index contributed by atoms with van der Waals surface area (Å²) >= 11 is 0. The molecule has 0 bridgehead atoms. The molecule has 1 fully saturated rings. The minimum atomic E-state index is 0.884. The van der Waals surface area contributed by atoms with E-state index in [0.29, 0.717) is 0 Å². The molecule has 0 saturated heterocycles. The fraction of sp³-hybridized carbons (Fsp3) is 0.538. The van der Waals surface area contributed by atoms with Gasteiger partial charge in [-0.3, -0.25) is 0 Å². The summed E-state index contributed by atoms with van der Waals surface area (Å²) in [7, 11) is 0. The summed E-state index contributed by atoms with van der Waals surface area (Å²) in [6.45, 7) is 4.58. The van der Waals surface area contributed by atoms with Crippen molar-refractivity contribution < 1.29 is 0 Å². The summed E-state index contributed by atoms with van der Waals surface area (Å²) in [6.07, 6.45) is 12.2. The first-order valence-electron chi connectivity index (χ1n) is 5.31. The van der Waals surface area contributed by atoms with Crippen LogP contribution in [0, 0.1) is 5.92 Å². The van der Waals surface area contributed by atoms with Gasteiger partial charge in [0, 0.05) is 0 Å². The van der Waals surface area contributed by atoms with Crippen LogP contribution in [0.3, 0.4) is 0 Å². The maximum absolute atomic E-state index is 2.43. The third-order valence-electron chi connectivity index (χ3n) is 3.13. The number of fused-ring (bicyclic) bond motifs is 1. The van der Waals surface area contributed by atoms with Gasteiger partial charge in [-0.15, -0.1) is 0 Å². The van der Waals surface area contributed by atoms with Crippen LogP contribution < -0.4 is 0 Å². The van der Waals surface area contributed by atoms with Crippen molar-refractivity contribution in [1.29, 1.82) is 0 Å². The molecule has 0 heteroatoms. The molecule has 0 aromatic rings. The highest BCUT2D eigenvalue weighted by Gasteiger charge is 2.17. The zero-order chi connectivity index (χ0) is 9.26. The molecule has 70 valence electrons. The fourth-order valence-corrected chi connectivity index (χ4v) is 2.17. The van der Waals surface area contributed by atoms with Crippen molar-refractivity contribution in [2.45, 2.75) is 39.5 Å². The summed E-state index contributed by atoms with van der Waals surface area (Å²) in [6, 6.07) is 0. The molecular formula is C13H18. The lowest BCUT2D eigenvalue weighted by atomic mass is 9.83. The summed E-state index contributed by atoms with van der Waals surface area (Å²) in [5.74, 6) is 0.884. The summed E-state index contributed by atoms with van der Waals surface area (Å²) in [5.41, 5.74) is 4.70. The number of hydrogen-bond donors (Lipinski definition) is 0. The Kier molecular flexibility index (Phi) is 2.39. The van der Waals surface area contributed by atoms with Crippen LogP contribution in [0.1, 0.15) is 39.5 Å². The van der Waals surface area contributed by atoms with Crippen LogP contribution in [0.5, 0.6) is 0 Å². The highest BCUT2D eigenvalue weighted by atomic mass is 14.2. The maximum Gasteiger partial charge on any atom is -0.0133 e. The van der Waals surface area contributed by atoms with E-state index in [9.17, 15) is 0 Å². The van der Waals surface area contributed by atoms with E-state index in [1.807, 2.05) is 0 Å². The minimum Gasteiger partial charge on any atom is -0.0770 e. The highest BCUT2D eigenvalue weighted by molar-refractivity contribution is 5.39. The molecule has 0 radical (unpaired) electrons. The molecule has 2 aliphatic rings. The average molecular weight is 174 g/mol. The predicted octanol–water partition coefficient (Wildman–Crippen LogP) is 4.01. The third-order valence-corrected chi connectivity index (χ3v) is 3.13. The predicted molar refractivity (Wildman–Crippen MR) is 57.6 cm³/mol. The van der Waals surface area contributed by atoms with Gasteiger partial charge in [0.2, 0.25) is 0 Å². The van der Waals surface area contributed by atoms with Gasteiger partial charge in [-0.05, 0) is 49.7 Å². The third kappa shape index (κ3) is 1.93. The van der Waals surface area contributed by atoms with Crippen molar-refractivity contribution in [2.24, 2.45) is 5.92 Å². The van der Waals surface area contributed by atoms with Crippen molar-refractivity contribution in [1.82, 2.24) is 0 Å². The van der Waals surface area contributed by atoms with Gasteiger partial charge in [0.25, 0.3) is 0 Å². The first-order valence-corrected chi connectivity index (χ1v) is 5.31. The highest BCUT2D eigenvalue weighted by Crippen LogP contribution is 2.34. The first-order chi connectivity index (χ1) is 6.25. The van der Waals surface area contributed by atoms with Crippen LogP contribution in [0.25, 0.3) is 0 Å². The molecule has 0 aromatic carbocycles. The number of allylic oxidation sites excluding steroid dienone is 6. The van der Waals surface area contributed by atoms with Crippen LogP contribution in [-0.2, 0) is 0 Å². The van der Waals surface area contributed by atoms with Crippen LogP contribution in [0.15, 0.2) is 34.9 Å². The van der Waals surface area contributed by atoms with Crippen LogP contribution in [-0.4, -0.2) is 0 Å². The monoisotopic (exact) mass is 174 g/mol. The maximum atomic E-state index is 2.43. The van der Waals surface area contributed by atoms with E-state index < -0.39 is 0 Å². The SMILES string of the molecule is CC1=CC=C2CC(C)CCC2=CC1. The lowest BCUT2D eigenvalue weighted by Gasteiger charge is -2.23. The van der Waals surface area contributed by atoms with Crippen molar-refractivity contribution >= 4 is 0 Å². The molecule has 0 aromatic heterocycles. The van der Waals surface area contributed by atoms with E-state index in [-0.39, 0.29) is 0 Å². The molecule has 0 spiro atoms. The Bertz CT molecular complexity index is 289. The molecule has 0 amide bonds. The Hall–Kier alpha value is -0.780. The first kappa shape index (κ1) is 8.80. The van der Waals surface area contributed by atoms with E-state index in [4.69, 9.17) is 0 Å². The zero-order valence-electron chi connectivity index (χ0n) is 8.64. The second kappa shape index (κ2) is 3.53. The number of hydrogen-bond acceptors (Lipinski definition) is 0. The second-order valence-corrected chi connectivity index (χ2v) is 4.49. The topological polar surface area (TPSA) is 0 Å². The molecular weight excluding hydrogens is 156 g/mol. The minimum absolute atomic E-state index is 0.884. The van der Waals surface area contributed by atoms with E-state index in [0.717, 1.165) is 12.3 Å². The largest absolute Gasteiger partial charge is 0.0770 e. The average Bonchev–Trinajstić information content (AvgIpc) is 2.29. The summed E-state index contributed by atoms with van der Waals surface area (Å²) in [4.78, 5) is 0. The Labute approximate surface area is 81.0 Å². The molecule has 0 heterocycles. The van der Waals surface area contributed by atoms with Gasteiger partial charge in [-0.1, -0.05) is 30.7 Å². The van der Waals surface area contributed by atoms with Crippen LogP contribution in [0.4, 0.5) is 0 Å². The molecule has 1 saturated carbocycles. The van der Waals surface area contributed by atoms with Crippen molar-refractivity contribution in [3.8, 4) is 0 Å². The van der Waals surface area contributed by atoms with Gasteiger partial charge in [0.1, 0.15) is 0 Å². The van der Waals surface area contributed by atoms with Crippen LogP contribution in [0.2, 0.25) is 0 Å². The van der Waals surface area contributed by atoms with E-state index in [1.54, 1.807) is 11.1 Å². The lowest BCUT2D eigenvalue weighted by Crippen LogP contribution is -2.06. The van der Waals surface area contributed by atoms with Crippen molar-refractivity contribution in [3.63, 3.8) is 0 Å². The van der Waals surface area contributed by atoms with E-state index >= 15 is 0 Å². The Morgan fingerprint density at radius 3 is 2.92 bits per heavy atom. The standard InChI is InChI=1S/C13H18/c1-10-3-6-12-7-5-11(2)9-13(12)8-4-10/h4,6,8,11H,3,5,7,9H2,1-2H3. The van der Waals surface area contributed by atoms with E-state index in [2.05, 4.69) is 32.1 Å². The molecule has 2 aliphatic carbocycles. The Balaban J connectivity index is 2.25. The summed E-state index contributed by atoms with van der Waals surface area (Å²) in [5, 5.41) is 0. The van der Waals surface area contributed by atoms with Gasteiger partial charge >= 0.3 is 0 Å². The van der Waals surface area contributed by atoms with Gasteiger partial charge in [0.05, 0.1) is 0 Å². The van der Waals surface area contributed by atoms with Gasteiger partial charge in [0.15, 0.2) is 0 Å². The molecule has 1 unspecified atom stereocenters. The van der Waals surface area contributed by atoms with Gasteiger partial charge < -0.3 is 0 Å². The normalized spacial score (nSPS) is 28.2. The molecule has 1 atom stereocenters. The fourth-order valence-electron chi connectivity index (χ4n) is 2.17. The van der Waals surface area contributed by atoms with E-state index in [1.165, 1.54) is 24.8 Å².